The van der Waals surface area contributed by atoms with Crippen molar-refractivity contribution in [3.8, 4) is 11.3 Å². The van der Waals surface area contributed by atoms with Gasteiger partial charge in [-0.15, -0.1) is 0 Å². The van der Waals surface area contributed by atoms with E-state index in [1.165, 1.54) is 0 Å². The van der Waals surface area contributed by atoms with Crippen molar-refractivity contribution < 1.29 is 9.21 Å². The van der Waals surface area contributed by atoms with E-state index in [2.05, 4.69) is 28.3 Å². The average molecular weight is 420 g/mol. The number of fused-ring (bicyclic) bond motifs is 1. The number of benzene rings is 1. The monoisotopic (exact) mass is 419 g/mol. The molecular weight excluding hydrogens is 390 g/mol. The van der Waals surface area contributed by atoms with Crippen LogP contribution >= 0.6 is 0 Å². The van der Waals surface area contributed by atoms with Gasteiger partial charge in [-0.2, -0.15) is 10.2 Å². The lowest BCUT2D eigenvalue weighted by Gasteiger charge is -2.16. The number of unbranched alkanes of at least 4 members (excludes halogenated alkanes) is 1. The number of carbonyl (C=O) groups excluding carboxylic acids is 1. The molecule has 7 heteroatoms. The van der Waals surface area contributed by atoms with Crippen LogP contribution in [0.2, 0.25) is 0 Å². The Labute approximate surface area is 182 Å². The summed E-state index contributed by atoms with van der Waals surface area (Å²) in [6.45, 7) is 6.60. The van der Waals surface area contributed by atoms with Crippen molar-refractivity contribution in [1.82, 2.24) is 24.9 Å². The molecule has 1 N–H and O–H groups in total. The number of nitrogens with zero attached hydrogens (tertiary/aromatic N) is 4. The van der Waals surface area contributed by atoms with E-state index in [1.54, 1.807) is 11.0 Å². The van der Waals surface area contributed by atoms with Gasteiger partial charge >= 0.3 is 0 Å². The van der Waals surface area contributed by atoms with E-state index in [0.29, 0.717) is 12.2 Å². The highest BCUT2D eigenvalue weighted by Crippen LogP contribution is 2.29. The summed E-state index contributed by atoms with van der Waals surface area (Å²) in [6.07, 6.45) is 3.02. The summed E-state index contributed by atoms with van der Waals surface area (Å²) < 4.78 is 7.94. The molecule has 3 aromatic heterocycles. The summed E-state index contributed by atoms with van der Waals surface area (Å²) in [4.78, 5) is 14.9. The maximum atomic E-state index is 13.2. The van der Waals surface area contributed by atoms with Crippen LogP contribution in [0.3, 0.4) is 0 Å². The molecule has 0 spiro atoms. The van der Waals surface area contributed by atoms with E-state index in [1.807, 2.05) is 50.8 Å². The van der Waals surface area contributed by atoms with Crippen molar-refractivity contribution in [2.75, 3.05) is 7.05 Å². The van der Waals surface area contributed by atoms with Crippen LogP contribution in [-0.4, -0.2) is 37.8 Å². The number of nitrogens with one attached hydrogen (secondary N) is 1. The quantitative estimate of drug-likeness (QED) is 0.467. The number of rotatable bonds is 7. The lowest BCUT2D eigenvalue weighted by Crippen LogP contribution is -2.26. The molecule has 0 atom stereocenters. The maximum absolute atomic E-state index is 13.2. The van der Waals surface area contributed by atoms with Gasteiger partial charge in [-0.25, -0.2) is 0 Å². The van der Waals surface area contributed by atoms with Gasteiger partial charge < -0.3 is 9.32 Å². The smallest absolute Gasteiger partial charge is 0.271 e. The highest BCUT2D eigenvalue weighted by Gasteiger charge is 2.22. The lowest BCUT2D eigenvalue weighted by molar-refractivity contribution is 0.0779. The largest absolute Gasteiger partial charge is 0.461 e. The minimum Gasteiger partial charge on any atom is -0.461 e. The minimum atomic E-state index is -0.107. The summed E-state index contributed by atoms with van der Waals surface area (Å²) in [5.41, 5.74) is 6.02. The van der Waals surface area contributed by atoms with Gasteiger partial charge in [-0.1, -0.05) is 31.5 Å². The second kappa shape index (κ2) is 8.41. The molecule has 162 valence electrons. The molecule has 0 aliphatic heterocycles. The first kappa shape index (κ1) is 20.9. The molecule has 0 aliphatic rings. The van der Waals surface area contributed by atoms with Crippen molar-refractivity contribution in [2.45, 2.75) is 46.6 Å². The van der Waals surface area contributed by atoms with Crippen LogP contribution < -0.4 is 0 Å². The zero-order valence-corrected chi connectivity index (χ0v) is 18.8. The second-order valence-corrected chi connectivity index (χ2v) is 8.10. The molecular formula is C24H29N5O2. The van der Waals surface area contributed by atoms with Gasteiger partial charge in [0.1, 0.15) is 17.0 Å². The fourth-order valence-electron chi connectivity index (χ4n) is 4.08. The number of aromatic nitrogens is 4. The van der Waals surface area contributed by atoms with E-state index >= 15 is 0 Å². The van der Waals surface area contributed by atoms with Gasteiger partial charge in [-0.05, 0) is 32.4 Å². The van der Waals surface area contributed by atoms with Crippen molar-refractivity contribution in [2.24, 2.45) is 7.05 Å². The van der Waals surface area contributed by atoms with Crippen LogP contribution in [0.5, 0.6) is 0 Å². The van der Waals surface area contributed by atoms with E-state index < -0.39 is 0 Å². The van der Waals surface area contributed by atoms with E-state index in [0.717, 1.165) is 64.2 Å². The third-order valence-electron chi connectivity index (χ3n) is 5.85. The van der Waals surface area contributed by atoms with Gasteiger partial charge in [0.15, 0.2) is 0 Å². The molecule has 0 fully saturated rings. The molecule has 0 saturated heterocycles. The Morgan fingerprint density at radius 2 is 2.03 bits per heavy atom. The molecule has 1 aromatic carbocycles. The molecule has 4 rings (SSSR count). The SMILES string of the molecule is CCCCc1oc2ccccc2c1CN(C)C(=O)c1cc(-c2c(C)nn(C)c2C)n[nH]1. The highest BCUT2D eigenvalue weighted by molar-refractivity contribution is 5.94. The van der Waals surface area contributed by atoms with Gasteiger partial charge in [0.2, 0.25) is 0 Å². The molecule has 7 nitrogen and oxygen atoms in total. The topological polar surface area (TPSA) is 79.9 Å². The summed E-state index contributed by atoms with van der Waals surface area (Å²) in [5.74, 6) is 0.860. The van der Waals surface area contributed by atoms with Crippen molar-refractivity contribution in [1.29, 1.82) is 0 Å². The van der Waals surface area contributed by atoms with Gasteiger partial charge in [0.05, 0.1) is 11.4 Å². The number of furan rings is 1. The molecule has 31 heavy (non-hydrogen) atoms. The third-order valence-corrected chi connectivity index (χ3v) is 5.85. The molecule has 1 amide bonds. The molecule has 0 aliphatic carbocycles. The maximum Gasteiger partial charge on any atom is 0.271 e. The van der Waals surface area contributed by atoms with Gasteiger partial charge in [-0.3, -0.25) is 14.6 Å². The fraction of sp³-hybridized carbons (Fsp3) is 0.375. The lowest BCUT2D eigenvalue weighted by atomic mass is 10.1. The van der Waals surface area contributed by atoms with Crippen molar-refractivity contribution >= 4 is 16.9 Å². The Kier molecular flexibility index (Phi) is 5.67. The zero-order chi connectivity index (χ0) is 22.1. The van der Waals surface area contributed by atoms with Crippen LogP contribution in [0.4, 0.5) is 0 Å². The standard InChI is InChI=1S/C24H29N5O2/c1-6-7-11-22-18(17-10-8-9-12-21(17)31-22)14-28(4)24(30)20-13-19(25-26-20)23-15(2)27-29(5)16(23)3/h8-10,12-13H,6-7,11,14H2,1-5H3,(H,25,26). The van der Waals surface area contributed by atoms with E-state index in [-0.39, 0.29) is 5.91 Å². The summed E-state index contributed by atoms with van der Waals surface area (Å²) in [7, 11) is 3.72. The molecule has 4 aromatic rings. The van der Waals surface area contributed by atoms with Crippen LogP contribution in [0.15, 0.2) is 34.7 Å². The van der Waals surface area contributed by atoms with E-state index in [4.69, 9.17) is 4.42 Å². The molecule has 3 heterocycles. The van der Waals surface area contributed by atoms with Crippen molar-refractivity contribution in [3.63, 3.8) is 0 Å². The van der Waals surface area contributed by atoms with Crippen molar-refractivity contribution in [3.05, 3.63) is 58.7 Å². The Balaban J connectivity index is 1.59. The molecule has 0 unspecified atom stereocenters. The molecule has 0 saturated carbocycles. The highest BCUT2D eigenvalue weighted by atomic mass is 16.3. The minimum absolute atomic E-state index is 0.107. The van der Waals surface area contributed by atoms with Crippen LogP contribution in [0.25, 0.3) is 22.2 Å². The summed E-state index contributed by atoms with van der Waals surface area (Å²) >= 11 is 0. The molecule has 0 bridgehead atoms. The third kappa shape index (κ3) is 3.87. The Morgan fingerprint density at radius 1 is 1.26 bits per heavy atom. The molecule has 0 radical (unpaired) electrons. The number of para-hydroxylation sites is 1. The first-order valence-electron chi connectivity index (χ1n) is 10.7. The zero-order valence-electron chi connectivity index (χ0n) is 18.8. The summed E-state index contributed by atoms with van der Waals surface area (Å²) in [6, 6.07) is 9.83. The number of hydrogen-bond donors (Lipinski definition) is 1. The number of amides is 1. The normalized spacial score (nSPS) is 11.4. The number of aryl methyl sites for hydroxylation is 3. The van der Waals surface area contributed by atoms with Crippen LogP contribution in [-0.2, 0) is 20.0 Å². The Bertz CT molecular complexity index is 1230. The predicted octanol–water partition coefficient (Wildman–Crippen LogP) is 4.79. The van der Waals surface area contributed by atoms with E-state index in [9.17, 15) is 4.79 Å². The average Bonchev–Trinajstić information content (AvgIpc) is 3.43. The van der Waals surface area contributed by atoms with Crippen LogP contribution in [0.1, 0.15) is 53.0 Å². The number of hydrogen-bond acceptors (Lipinski definition) is 4. The van der Waals surface area contributed by atoms with Gasteiger partial charge in [0.25, 0.3) is 5.91 Å². The Morgan fingerprint density at radius 3 is 2.74 bits per heavy atom. The second-order valence-electron chi connectivity index (χ2n) is 8.10. The fourth-order valence-corrected chi connectivity index (χ4v) is 4.08. The number of H-pyrrole nitrogens is 1. The Hall–Kier alpha value is -3.35. The van der Waals surface area contributed by atoms with Crippen LogP contribution in [0, 0.1) is 13.8 Å². The summed E-state index contributed by atoms with van der Waals surface area (Å²) in [5, 5.41) is 12.8. The first-order valence-corrected chi connectivity index (χ1v) is 10.7. The van der Waals surface area contributed by atoms with Gasteiger partial charge in [0, 0.05) is 49.3 Å². The number of aromatic amines is 1. The number of carbonyl (C=O) groups is 1. The predicted molar refractivity (Wildman–Crippen MR) is 121 cm³/mol. The first-order chi connectivity index (χ1) is 14.9.